The van der Waals surface area contributed by atoms with Gasteiger partial charge >= 0.3 is 11.9 Å². The topological polar surface area (TPSA) is 196 Å². The van der Waals surface area contributed by atoms with Gasteiger partial charge in [-0.25, -0.2) is 14.6 Å². The van der Waals surface area contributed by atoms with Gasteiger partial charge in [0.05, 0.1) is 41.0 Å². The normalized spacial score (nSPS) is 16.9. The van der Waals surface area contributed by atoms with Gasteiger partial charge in [-0.1, -0.05) is 144 Å². The largest absolute Gasteiger partial charge is 0.476 e. The summed E-state index contributed by atoms with van der Waals surface area (Å²) in [4.78, 5) is 65.8. The van der Waals surface area contributed by atoms with Gasteiger partial charge in [0, 0.05) is 31.1 Å². The summed E-state index contributed by atoms with van der Waals surface area (Å²) in [5.41, 5.74) is 1.81. The van der Waals surface area contributed by atoms with E-state index in [0.29, 0.717) is 24.0 Å². The quantitative estimate of drug-likeness (QED) is 0.0351. The van der Waals surface area contributed by atoms with Crippen molar-refractivity contribution >= 4 is 59.3 Å². The highest BCUT2D eigenvalue weighted by molar-refractivity contribution is 6.99. The lowest BCUT2D eigenvalue weighted by Crippen LogP contribution is -2.66. The number of ether oxygens (including phenoxy) is 4. The molecule has 1 aliphatic heterocycles. The van der Waals surface area contributed by atoms with Crippen LogP contribution in [0.2, 0.25) is 5.04 Å². The molecule has 71 heavy (non-hydrogen) atoms. The van der Waals surface area contributed by atoms with Crippen molar-refractivity contribution in [1.82, 2.24) is 19.5 Å². The van der Waals surface area contributed by atoms with Gasteiger partial charge in [-0.15, -0.1) is 0 Å². The molecule has 1 saturated heterocycles. The molecule has 1 aliphatic rings. The van der Waals surface area contributed by atoms with Gasteiger partial charge in [-0.2, -0.15) is 9.97 Å². The molecular formula is C54H56N6O10Si. The Hall–Kier alpha value is -7.60. The number of nitro benzene ring substituents is 1. The maximum absolute atomic E-state index is 14.2. The Morgan fingerprint density at radius 1 is 0.789 bits per heavy atom. The average Bonchev–Trinajstić information content (AvgIpc) is 3.95. The van der Waals surface area contributed by atoms with Crippen LogP contribution >= 0.6 is 0 Å². The van der Waals surface area contributed by atoms with Gasteiger partial charge in [0.1, 0.15) is 6.61 Å². The highest BCUT2D eigenvalue weighted by atomic mass is 28.4. The molecule has 0 radical (unpaired) electrons. The van der Waals surface area contributed by atoms with Crippen LogP contribution in [0, 0.1) is 22.0 Å². The van der Waals surface area contributed by atoms with Crippen molar-refractivity contribution in [2.45, 2.75) is 70.9 Å². The smallest absolute Gasteiger partial charge is 0.338 e. The highest BCUT2D eigenvalue weighted by Crippen LogP contribution is 2.42. The molecule has 0 saturated carbocycles. The number of hydrogen-bond donors (Lipinski definition) is 1. The van der Waals surface area contributed by atoms with E-state index in [1.54, 1.807) is 91.2 Å². The minimum absolute atomic E-state index is 0.0317. The molecule has 0 unspecified atom stereocenters. The molecule has 0 bridgehead atoms. The Kier molecular flexibility index (Phi) is 15.4. The Balaban J connectivity index is 1.19. The third kappa shape index (κ3) is 11.2. The van der Waals surface area contributed by atoms with Crippen LogP contribution in [0.4, 0.5) is 11.6 Å². The molecule has 7 aromatic rings. The molecular weight excluding hydrogens is 921 g/mol. The van der Waals surface area contributed by atoms with E-state index in [0.717, 1.165) is 15.9 Å². The second-order valence-corrected chi connectivity index (χ2v) is 22.9. The number of rotatable bonds is 19. The van der Waals surface area contributed by atoms with Crippen molar-refractivity contribution in [3.63, 3.8) is 0 Å². The van der Waals surface area contributed by atoms with Crippen molar-refractivity contribution in [1.29, 1.82) is 0 Å². The number of non-ortho nitro benzene ring substituents is 1. The number of anilines is 1. The molecule has 0 aliphatic carbocycles. The van der Waals surface area contributed by atoms with E-state index in [4.69, 9.17) is 33.3 Å². The van der Waals surface area contributed by atoms with Gasteiger partial charge in [0.25, 0.3) is 14.0 Å². The summed E-state index contributed by atoms with van der Waals surface area (Å²) in [5, 5.41) is 15.9. The third-order valence-electron chi connectivity index (χ3n) is 12.5. The predicted octanol–water partition coefficient (Wildman–Crippen LogP) is 8.51. The number of aromatic nitrogens is 4. The van der Waals surface area contributed by atoms with E-state index in [-0.39, 0.29) is 59.4 Å². The third-order valence-corrected chi connectivity index (χ3v) is 17.5. The van der Waals surface area contributed by atoms with Crippen LogP contribution in [0.25, 0.3) is 11.2 Å². The van der Waals surface area contributed by atoms with Crippen molar-refractivity contribution < 1.29 is 42.7 Å². The molecule has 366 valence electrons. The van der Waals surface area contributed by atoms with Crippen LogP contribution in [0.1, 0.15) is 73.5 Å². The van der Waals surface area contributed by atoms with Crippen molar-refractivity contribution in [3.05, 3.63) is 179 Å². The summed E-state index contributed by atoms with van der Waals surface area (Å²) >= 11 is 0. The first-order chi connectivity index (χ1) is 34.2. The number of esters is 2. The molecule has 16 nitrogen and oxygen atoms in total. The number of carbonyl (C=O) groups excluding carboxylic acids is 3. The molecule has 1 amide bonds. The summed E-state index contributed by atoms with van der Waals surface area (Å²) in [6.45, 7) is 10.2. The van der Waals surface area contributed by atoms with E-state index in [9.17, 15) is 24.5 Å². The maximum Gasteiger partial charge on any atom is 0.338 e. The van der Waals surface area contributed by atoms with Crippen molar-refractivity contribution in [2.75, 3.05) is 25.1 Å². The second-order valence-electron chi connectivity index (χ2n) is 18.6. The predicted molar refractivity (Wildman–Crippen MR) is 269 cm³/mol. The molecule has 2 aromatic heterocycles. The number of nitrogens with one attached hydrogen (secondary N) is 1. The van der Waals surface area contributed by atoms with Crippen LogP contribution in [0.5, 0.6) is 5.88 Å². The molecule has 0 spiro atoms. The summed E-state index contributed by atoms with van der Waals surface area (Å²) in [6, 6.07) is 43.9. The monoisotopic (exact) mass is 976 g/mol. The standard InChI is InChI=1S/C54H56N6O10Si/c1-36(2)48(61)57-53-56-47-45(49(58-53)66-32-30-37-26-28-40(29-27-37)60(64)65)55-35-59(47)50-46(70-52(63)39-20-12-7-13-21-39)43(34-67-51(62)38-18-10-6-11-19-38)44(69-50)31-33-68-71(54(3,4)5,41-22-14-8-15-23-41)42-24-16-9-17-25-42/h6-29,35-36,43-44,46,50H,30-34H2,1-5H3,(H,56,57,58,61)/t43-,44-,46-,50-/m1/s1. The fraction of sp³-hybridized carbons (Fsp3) is 0.296. The first-order valence-corrected chi connectivity index (χ1v) is 25.4. The van der Waals surface area contributed by atoms with Crippen LogP contribution in [-0.2, 0) is 29.9 Å². The van der Waals surface area contributed by atoms with Crippen molar-refractivity contribution in [2.24, 2.45) is 11.8 Å². The summed E-state index contributed by atoms with van der Waals surface area (Å²) in [5.74, 6) is -2.73. The number of nitrogens with zero attached hydrogens (tertiary/aromatic N) is 5. The Morgan fingerprint density at radius 2 is 1.37 bits per heavy atom. The lowest BCUT2D eigenvalue weighted by molar-refractivity contribution is -0.384. The van der Waals surface area contributed by atoms with E-state index in [1.165, 1.54) is 18.5 Å². The van der Waals surface area contributed by atoms with Crippen LogP contribution in [0.15, 0.2) is 152 Å². The zero-order valence-corrected chi connectivity index (χ0v) is 41.2. The summed E-state index contributed by atoms with van der Waals surface area (Å²) in [7, 11) is -3.03. The van der Waals surface area contributed by atoms with Crippen LogP contribution in [0.3, 0.4) is 0 Å². The minimum atomic E-state index is -3.03. The summed E-state index contributed by atoms with van der Waals surface area (Å²) < 4.78 is 34.8. The molecule has 1 N–H and O–H groups in total. The first-order valence-electron chi connectivity index (χ1n) is 23.5. The lowest BCUT2D eigenvalue weighted by atomic mass is 9.96. The van der Waals surface area contributed by atoms with E-state index < -0.39 is 55.5 Å². The number of imidazole rings is 1. The molecule has 8 rings (SSSR count). The molecule has 1 fully saturated rings. The van der Waals surface area contributed by atoms with E-state index in [1.807, 2.05) is 36.4 Å². The Morgan fingerprint density at radius 3 is 1.93 bits per heavy atom. The Bertz CT molecular complexity index is 2900. The fourth-order valence-corrected chi connectivity index (χ4v) is 13.4. The van der Waals surface area contributed by atoms with E-state index >= 15 is 0 Å². The molecule has 17 heteroatoms. The molecule has 4 atom stereocenters. The number of benzene rings is 5. The SMILES string of the molecule is CC(C)C(=O)Nc1nc(OCCc2ccc([N+](=O)[O-])cc2)c2ncn([C@@H]3O[C@H](CCO[Si](c4ccccc4)(c4ccccc4)C(C)(C)C)[C@@H](COC(=O)c4ccccc4)[C@H]3OC(=O)c3ccccc3)c2n1. The number of hydrogen-bond acceptors (Lipinski definition) is 13. The minimum Gasteiger partial charge on any atom is -0.476 e. The number of nitro groups is 1. The number of carbonyl (C=O) groups is 3. The number of amides is 1. The van der Waals surface area contributed by atoms with E-state index in [2.05, 4.69) is 55.3 Å². The van der Waals surface area contributed by atoms with Gasteiger partial charge in [0.15, 0.2) is 23.5 Å². The molecule has 5 aromatic carbocycles. The van der Waals surface area contributed by atoms with Crippen LogP contribution < -0.4 is 20.4 Å². The second kappa shape index (κ2) is 22.0. The Labute approximate surface area is 412 Å². The lowest BCUT2D eigenvalue weighted by Gasteiger charge is -2.43. The summed E-state index contributed by atoms with van der Waals surface area (Å²) in [6.07, 6.45) is -0.796. The van der Waals surface area contributed by atoms with Gasteiger partial charge in [0.2, 0.25) is 17.7 Å². The van der Waals surface area contributed by atoms with Gasteiger partial charge < -0.3 is 23.4 Å². The van der Waals surface area contributed by atoms with Gasteiger partial charge in [-0.3, -0.25) is 24.8 Å². The zero-order valence-electron chi connectivity index (χ0n) is 40.2. The maximum atomic E-state index is 14.2. The first kappa shape index (κ1) is 49.8. The van der Waals surface area contributed by atoms with Crippen molar-refractivity contribution in [3.8, 4) is 5.88 Å². The zero-order chi connectivity index (χ0) is 50.1. The fourth-order valence-electron chi connectivity index (χ4n) is 8.86. The highest BCUT2D eigenvalue weighted by Gasteiger charge is 2.52. The molecule has 3 heterocycles. The number of fused-ring (bicyclic) bond motifs is 1. The average molecular weight is 977 g/mol. The van der Waals surface area contributed by atoms with Crippen LogP contribution in [-0.4, -0.2) is 82.6 Å². The van der Waals surface area contributed by atoms with Gasteiger partial charge in [-0.05, 0) is 51.7 Å².